The van der Waals surface area contributed by atoms with Gasteiger partial charge in [0, 0.05) is 23.6 Å². The van der Waals surface area contributed by atoms with Gasteiger partial charge in [-0.05, 0) is 49.2 Å². The van der Waals surface area contributed by atoms with Gasteiger partial charge in [-0.3, -0.25) is 9.78 Å². The van der Waals surface area contributed by atoms with E-state index in [-0.39, 0.29) is 5.91 Å². The van der Waals surface area contributed by atoms with Gasteiger partial charge in [0.2, 0.25) is 0 Å². The number of benzene rings is 1. The van der Waals surface area contributed by atoms with Crippen molar-refractivity contribution in [2.45, 2.75) is 13.8 Å². The normalized spacial score (nSPS) is 9.67. The maximum atomic E-state index is 12.2. The van der Waals surface area contributed by atoms with Crippen LogP contribution in [-0.2, 0) is 0 Å². The Labute approximate surface area is 124 Å². The highest BCUT2D eigenvalue weighted by Crippen LogP contribution is 2.15. The molecule has 0 aliphatic carbocycles. The first-order valence-corrected chi connectivity index (χ1v) is 6.62. The van der Waals surface area contributed by atoms with Crippen molar-refractivity contribution < 1.29 is 4.79 Å². The Kier molecular flexibility index (Phi) is 4.70. The number of hydrogen-bond donors (Lipinski definition) is 2. The second kappa shape index (κ2) is 6.69. The van der Waals surface area contributed by atoms with Crippen LogP contribution in [0.15, 0.2) is 36.7 Å². The van der Waals surface area contributed by atoms with E-state index in [0.29, 0.717) is 17.8 Å². The molecule has 0 saturated heterocycles. The van der Waals surface area contributed by atoms with Crippen LogP contribution in [0.2, 0.25) is 0 Å². The number of aryl methyl sites for hydroxylation is 2. The smallest absolute Gasteiger partial charge is 0.257 e. The Bertz CT molecular complexity index is 726. The summed E-state index contributed by atoms with van der Waals surface area (Å²) in [5.41, 5.74) is 9.42. The molecule has 0 radical (unpaired) electrons. The van der Waals surface area contributed by atoms with Crippen molar-refractivity contribution >= 4 is 11.6 Å². The van der Waals surface area contributed by atoms with E-state index >= 15 is 0 Å². The molecule has 0 saturated carbocycles. The molecular formula is C17H17N3O. The van der Waals surface area contributed by atoms with Gasteiger partial charge in [0.25, 0.3) is 5.91 Å². The average Bonchev–Trinajstić information content (AvgIpc) is 2.44. The van der Waals surface area contributed by atoms with E-state index in [4.69, 9.17) is 5.73 Å². The minimum Gasteiger partial charge on any atom is -0.322 e. The number of carbonyl (C=O) groups excluding carboxylic acids is 1. The summed E-state index contributed by atoms with van der Waals surface area (Å²) in [7, 11) is 0. The number of pyridine rings is 1. The summed E-state index contributed by atoms with van der Waals surface area (Å²) in [6.45, 7) is 4.17. The zero-order chi connectivity index (χ0) is 15.2. The first-order valence-electron chi connectivity index (χ1n) is 6.62. The number of nitrogens with zero attached hydrogens (tertiary/aromatic N) is 1. The van der Waals surface area contributed by atoms with E-state index in [2.05, 4.69) is 22.1 Å². The highest BCUT2D eigenvalue weighted by molar-refractivity contribution is 6.04. The quantitative estimate of drug-likeness (QED) is 0.829. The molecule has 2 aromatic rings. The van der Waals surface area contributed by atoms with E-state index in [1.54, 1.807) is 18.5 Å². The zero-order valence-electron chi connectivity index (χ0n) is 12.1. The van der Waals surface area contributed by atoms with Gasteiger partial charge in [0.15, 0.2) is 0 Å². The van der Waals surface area contributed by atoms with Crippen molar-refractivity contribution in [3.63, 3.8) is 0 Å². The molecule has 1 aromatic carbocycles. The summed E-state index contributed by atoms with van der Waals surface area (Å²) in [4.78, 5) is 16.2. The molecule has 4 nitrogen and oxygen atoms in total. The maximum Gasteiger partial charge on any atom is 0.257 e. The fourth-order valence-electron chi connectivity index (χ4n) is 1.96. The maximum absolute atomic E-state index is 12.2. The lowest BCUT2D eigenvalue weighted by Gasteiger charge is -2.07. The molecule has 0 aliphatic heterocycles. The Morgan fingerprint density at radius 3 is 2.71 bits per heavy atom. The van der Waals surface area contributed by atoms with Crippen LogP contribution in [-0.4, -0.2) is 17.4 Å². The minimum absolute atomic E-state index is 0.186. The number of nitrogens with one attached hydrogen (secondary N) is 1. The van der Waals surface area contributed by atoms with Gasteiger partial charge < -0.3 is 11.1 Å². The van der Waals surface area contributed by atoms with Gasteiger partial charge in [0.05, 0.1) is 12.1 Å². The van der Waals surface area contributed by atoms with Gasteiger partial charge in [-0.15, -0.1) is 0 Å². The fraction of sp³-hybridized carbons (Fsp3) is 0.176. The highest BCUT2D eigenvalue weighted by atomic mass is 16.1. The SMILES string of the molecule is Cc1cc(C#CCN)cc(NC(=O)c2cncc(C)c2)c1. The van der Waals surface area contributed by atoms with Gasteiger partial charge in [0.1, 0.15) is 0 Å². The Morgan fingerprint density at radius 1 is 1.19 bits per heavy atom. The second-order valence-corrected chi connectivity index (χ2v) is 4.80. The van der Waals surface area contributed by atoms with E-state index in [0.717, 1.165) is 16.7 Å². The Hall–Kier alpha value is -2.64. The summed E-state index contributed by atoms with van der Waals surface area (Å²) < 4.78 is 0. The molecule has 0 bridgehead atoms. The van der Waals surface area contributed by atoms with Crippen LogP contribution in [0.5, 0.6) is 0 Å². The number of anilines is 1. The standard InChI is InChI=1S/C17H17N3O/c1-12-6-14(4-3-5-18)9-16(8-12)20-17(21)15-7-13(2)10-19-11-15/h6-11H,5,18H2,1-2H3,(H,20,21). The molecular weight excluding hydrogens is 262 g/mol. The molecule has 1 aromatic heterocycles. The lowest BCUT2D eigenvalue weighted by atomic mass is 10.1. The number of carbonyl (C=O) groups is 1. The highest BCUT2D eigenvalue weighted by Gasteiger charge is 2.07. The van der Waals surface area contributed by atoms with Crippen molar-refractivity contribution in [1.82, 2.24) is 4.98 Å². The van der Waals surface area contributed by atoms with Crippen LogP contribution in [0.1, 0.15) is 27.0 Å². The third-order valence-corrected chi connectivity index (χ3v) is 2.81. The first kappa shape index (κ1) is 14.8. The van der Waals surface area contributed by atoms with Gasteiger partial charge >= 0.3 is 0 Å². The summed E-state index contributed by atoms with van der Waals surface area (Å²) in [6.07, 6.45) is 3.26. The summed E-state index contributed by atoms with van der Waals surface area (Å²) in [5, 5.41) is 2.87. The van der Waals surface area contributed by atoms with E-state index in [9.17, 15) is 4.79 Å². The Morgan fingerprint density at radius 2 is 2.00 bits per heavy atom. The molecule has 0 aliphatic rings. The third-order valence-electron chi connectivity index (χ3n) is 2.81. The van der Waals surface area contributed by atoms with Crippen LogP contribution < -0.4 is 11.1 Å². The van der Waals surface area contributed by atoms with Crippen molar-refractivity contribution in [3.05, 3.63) is 58.9 Å². The number of rotatable bonds is 2. The van der Waals surface area contributed by atoms with E-state index in [1.807, 2.05) is 32.0 Å². The Balaban J connectivity index is 2.23. The van der Waals surface area contributed by atoms with Gasteiger partial charge in [-0.25, -0.2) is 0 Å². The lowest BCUT2D eigenvalue weighted by Crippen LogP contribution is -2.12. The number of aromatic nitrogens is 1. The molecule has 3 N–H and O–H groups in total. The largest absolute Gasteiger partial charge is 0.322 e. The number of nitrogens with two attached hydrogens (primary N) is 1. The van der Waals surface area contributed by atoms with Crippen molar-refractivity contribution in [1.29, 1.82) is 0 Å². The lowest BCUT2D eigenvalue weighted by molar-refractivity contribution is 0.102. The van der Waals surface area contributed by atoms with E-state index in [1.165, 1.54) is 0 Å². The molecule has 1 amide bonds. The molecule has 2 rings (SSSR count). The topological polar surface area (TPSA) is 68.0 Å². The molecule has 0 spiro atoms. The van der Waals surface area contributed by atoms with Crippen molar-refractivity contribution in [2.24, 2.45) is 5.73 Å². The van der Waals surface area contributed by atoms with Crippen LogP contribution in [0, 0.1) is 25.7 Å². The third kappa shape index (κ3) is 4.16. The summed E-state index contributed by atoms with van der Waals surface area (Å²) in [6, 6.07) is 7.48. The van der Waals surface area contributed by atoms with Crippen molar-refractivity contribution in [2.75, 3.05) is 11.9 Å². The van der Waals surface area contributed by atoms with Crippen molar-refractivity contribution in [3.8, 4) is 11.8 Å². The van der Waals surface area contributed by atoms with Gasteiger partial charge in [-0.2, -0.15) is 0 Å². The summed E-state index contributed by atoms with van der Waals surface area (Å²) >= 11 is 0. The number of hydrogen-bond acceptors (Lipinski definition) is 3. The molecule has 106 valence electrons. The van der Waals surface area contributed by atoms with Crippen LogP contribution in [0.25, 0.3) is 0 Å². The molecule has 0 unspecified atom stereocenters. The number of amides is 1. The zero-order valence-corrected chi connectivity index (χ0v) is 12.1. The molecule has 21 heavy (non-hydrogen) atoms. The van der Waals surface area contributed by atoms with E-state index < -0.39 is 0 Å². The monoisotopic (exact) mass is 279 g/mol. The van der Waals surface area contributed by atoms with Crippen LogP contribution in [0.4, 0.5) is 5.69 Å². The van der Waals surface area contributed by atoms with Crippen LogP contribution in [0.3, 0.4) is 0 Å². The predicted molar refractivity (Wildman–Crippen MR) is 84.0 cm³/mol. The average molecular weight is 279 g/mol. The predicted octanol–water partition coefficient (Wildman–Crippen LogP) is 2.26. The minimum atomic E-state index is -0.186. The molecule has 1 heterocycles. The first-order chi connectivity index (χ1) is 10.1. The molecule has 0 atom stereocenters. The van der Waals surface area contributed by atoms with Crippen LogP contribution >= 0.6 is 0 Å². The molecule has 0 fully saturated rings. The molecule has 4 heteroatoms. The second-order valence-electron chi connectivity index (χ2n) is 4.80. The fourth-order valence-corrected chi connectivity index (χ4v) is 1.96. The van der Waals surface area contributed by atoms with Gasteiger partial charge in [-0.1, -0.05) is 11.8 Å². The summed E-state index contributed by atoms with van der Waals surface area (Å²) in [5.74, 6) is 5.59.